The number of likely N-dealkylation sites (N-methyl/N-ethyl adjacent to an activating group) is 1. The molecule has 0 radical (unpaired) electrons. The zero-order chi connectivity index (χ0) is 15.0. The maximum absolute atomic E-state index is 14.0. The molecular weight excluding hydrogens is 266 g/mol. The van der Waals surface area contributed by atoms with Crippen molar-refractivity contribution in [3.63, 3.8) is 0 Å². The van der Waals surface area contributed by atoms with E-state index in [0.717, 1.165) is 13.1 Å². The van der Waals surface area contributed by atoms with E-state index in [1.807, 2.05) is 27.8 Å². The number of alkyl halides is 2. The molecule has 2 unspecified atom stereocenters. The molecule has 2 saturated heterocycles. The maximum atomic E-state index is 14.0. The van der Waals surface area contributed by atoms with E-state index in [1.165, 1.54) is 0 Å². The Hall–Kier alpha value is -0.300. The summed E-state index contributed by atoms with van der Waals surface area (Å²) in [4.78, 5) is 3.91. The number of hydrogen-bond acceptors (Lipinski definition) is 4. The smallest absolute Gasteiger partial charge is 0.287 e. The standard InChI is InChI=1S/C14H26F2N2O2/c1-13(2,3)18-8-12(14(15,16)10-18)20-9-11-7-17(4)5-6-19-11/h11-12H,5-10H2,1-4H3. The third-order valence-corrected chi connectivity index (χ3v) is 4.03. The molecular formula is C14H26F2N2O2. The Morgan fingerprint density at radius 1 is 1.30 bits per heavy atom. The number of rotatable bonds is 3. The molecule has 2 fully saturated rings. The Bertz CT molecular complexity index is 334. The lowest BCUT2D eigenvalue weighted by atomic mass is 10.1. The van der Waals surface area contributed by atoms with Crippen LogP contribution in [0, 0.1) is 0 Å². The highest BCUT2D eigenvalue weighted by atomic mass is 19.3. The number of likely N-dealkylation sites (tertiary alicyclic amines) is 1. The first kappa shape index (κ1) is 16.1. The van der Waals surface area contributed by atoms with Crippen molar-refractivity contribution in [3.05, 3.63) is 0 Å². The first-order chi connectivity index (χ1) is 9.18. The molecule has 2 aliphatic heterocycles. The normalized spacial score (nSPS) is 32.7. The highest BCUT2D eigenvalue weighted by molar-refractivity contribution is 4.96. The average molecular weight is 292 g/mol. The zero-order valence-electron chi connectivity index (χ0n) is 12.9. The SMILES string of the molecule is CN1CCOC(COC2CN(C(C)(C)C)CC2(F)F)C1. The summed E-state index contributed by atoms with van der Waals surface area (Å²) in [6.07, 6.45) is -1.13. The quantitative estimate of drug-likeness (QED) is 0.786. The molecule has 0 aliphatic carbocycles. The molecule has 0 bridgehead atoms. The summed E-state index contributed by atoms with van der Waals surface area (Å²) in [5.74, 6) is -2.78. The summed E-state index contributed by atoms with van der Waals surface area (Å²) in [6.45, 7) is 8.39. The second-order valence-electron chi connectivity index (χ2n) is 6.89. The minimum atomic E-state index is -2.78. The predicted octanol–water partition coefficient (Wildman–Crippen LogP) is 1.45. The van der Waals surface area contributed by atoms with E-state index in [4.69, 9.17) is 9.47 Å². The van der Waals surface area contributed by atoms with Crippen molar-refractivity contribution in [2.75, 3.05) is 46.4 Å². The van der Waals surface area contributed by atoms with Crippen LogP contribution in [-0.4, -0.2) is 79.9 Å². The van der Waals surface area contributed by atoms with E-state index in [0.29, 0.717) is 6.61 Å². The second kappa shape index (κ2) is 5.83. The van der Waals surface area contributed by atoms with Crippen LogP contribution in [0.3, 0.4) is 0 Å². The first-order valence-electron chi connectivity index (χ1n) is 7.23. The first-order valence-corrected chi connectivity index (χ1v) is 7.23. The monoisotopic (exact) mass is 292 g/mol. The van der Waals surface area contributed by atoms with Gasteiger partial charge in [0.05, 0.1) is 25.9 Å². The van der Waals surface area contributed by atoms with Gasteiger partial charge in [-0.25, -0.2) is 8.78 Å². The van der Waals surface area contributed by atoms with Crippen LogP contribution >= 0.6 is 0 Å². The summed E-state index contributed by atoms with van der Waals surface area (Å²) < 4.78 is 39.0. The molecule has 0 aromatic heterocycles. The highest BCUT2D eigenvalue weighted by Gasteiger charge is 2.51. The maximum Gasteiger partial charge on any atom is 0.287 e. The van der Waals surface area contributed by atoms with Crippen molar-refractivity contribution >= 4 is 0 Å². The molecule has 4 nitrogen and oxygen atoms in total. The number of ether oxygens (including phenoxy) is 2. The highest BCUT2D eigenvalue weighted by Crippen LogP contribution is 2.34. The summed E-state index contributed by atoms with van der Waals surface area (Å²) in [7, 11) is 2.00. The Morgan fingerprint density at radius 2 is 2.00 bits per heavy atom. The summed E-state index contributed by atoms with van der Waals surface area (Å²) in [5.41, 5.74) is -0.261. The van der Waals surface area contributed by atoms with Crippen molar-refractivity contribution < 1.29 is 18.3 Å². The van der Waals surface area contributed by atoms with Crippen LogP contribution in [0.2, 0.25) is 0 Å². The van der Waals surface area contributed by atoms with E-state index >= 15 is 0 Å². The zero-order valence-corrected chi connectivity index (χ0v) is 12.9. The molecule has 0 N–H and O–H groups in total. The van der Waals surface area contributed by atoms with Gasteiger partial charge in [0.25, 0.3) is 5.92 Å². The fourth-order valence-corrected chi connectivity index (χ4v) is 2.63. The van der Waals surface area contributed by atoms with Gasteiger partial charge in [0.1, 0.15) is 6.10 Å². The number of morpholine rings is 1. The Kier molecular flexibility index (Phi) is 4.69. The molecule has 2 atom stereocenters. The third kappa shape index (κ3) is 3.87. The van der Waals surface area contributed by atoms with Crippen LogP contribution in [-0.2, 0) is 9.47 Å². The van der Waals surface area contributed by atoms with Gasteiger partial charge in [0.2, 0.25) is 0 Å². The summed E-state index contributed by atoms with van der Waals surface area (Å²) in [5, 5.41) is 0. The van der Waals surface area contributed by atoms with Gasteiger partial charge < -0.3 is 14.4 Å². The van der Waals surface area contributed by atoms with E-state index < -0.39 is 12.0 Å². The Labute approximate surface area is 120 Å². The third-order valence-electron chi connectivity index (χ3n) is 4.03. The van der Waals surface area contributed by atoms with E-state index in [-0.39, 0.29) is 31.3 Å². The molecule has 0 amide bonds. The van der Waals surface area contributed by atoms with Crippen LogP contribution in [0.4, 0.5) is 8.78 Å². The predicted molar refractivity (Wildman–Crippen MR) is 73.3 cm³/mol. The van der Waals surface area contributed by atoms with Gasteiger partial charge in [0.15, 0.2) is 0 Å². The molecule has 0 aromatic carbocycles. The topological polar surface area (TPSA) is 24.9 Å². The van der Waals surface area contributed by atoms with Crippen molar-refractivity contribution in [1.29, 1.82) is 0 Å². The van der Waals surface area contributed by atoms with E-state index in [9.17, 15) is 8.78 Å². The van der Waals surface area contributed by atoms with Gasteiger partial charge in [-0.1, -0.05) is 0 Å². The fourth-order valence-electron chi connectivity index (χ4n) is 2.63. The molecule has 0 spiro atoms. The molecule has 6 heteroatoms. The van der Waals surface area contributed by atoms with Gasteiger partial charge in [-0.2, -0.15) is 0 Å². The van der Waals surface area contributed by atoms with Crippen LogP contribution in [0.25, 0.3) is 0 Å². The molecule has 0 saturated carbocycles. The number of halogens is 2. The lowest BCUT2D eigenvalue weighted by Gasteiger charge is -2.31. The lowest BCUT2D eigenvalue weighted by Crippen LogP contribution is -2.44. The number of hydrogen-bond donors (Lipinski definition) is 0. The van der Waals surface area contributed by atoms with Gasteiger partial charge in [-0.05, 0) is 27.8 Å². The molecule has 0 aromatic rings. The Morgan fingerprint density at radius 3 is 2.55 bits per heavy atom. The Balaban J connectivity index is 1.86. The molecule has 20 heavy (non-hydrogen) atoms. The molecule has 2 aliphatic rings. The lowest BCUT2D eigenvalue weighted by molar-refractivity contribution is -0.137. The molecule has 2 heterocycles. The molecule has 2 rings (SSSR count). The largest absolute Gasteiger partial charge is 0.373 e. The van der Waals surface area contributed by atoms with Crippen molar-refractivity contribution in [3.8, 4) is 0 Å². The van der Waals surface area contributed by atoms with Crippen molar-refractivity contribution in [2.24, 2.45) is 0 Å². The van der Waals surface area contributed by atoms with Crippen molar-refractivity contribution in [2.45, 2.75) is 44.4 Å². The minimum absolute atomic E-state index is 0.103. The van der Waals surface area contributed by atoms with Gasteiger partial charge >= 0.3 is 0 Å². The van der Waals surface area contributed by atoms with Gasteiger partial charge in [-0.3, -0.25) is 4.90 Å². The van der Waals surface area contributed by atoms with Crippen LogP contribution in [0.15, 0.2) is 0 Å². The van der Waals surface area contributed by atoms with E-state index in [1.54, 1.807) is 4.90 Å². The summed E-state index contributed by atoms with van der Waals surface area (Å²) >= 11 is 0. The average Bonchev–Trinajstić information content (AvgIpc) is 2.62. The second-order valence-corrected chi connectivity index (χ2v) is 6.89. The van der Waals surface area contributed by atoms with Crippen LogP contribution in [0.5, 0.6) is 0 Å². The number of nitrogens with zero attached hydrogens (tertiary/aromatic N) is 2. The van der Waals surface area contributed by atoms with Crippen LogP contribution in [0.1, 0.15) is 20.8 Å². The van der Waals surface area contributed by atoms with Gasteiger partial charge in [-0.15, -0.1) is 0 Å². The van der Waals surface area contributed by atoms with Gasteiger partial charge in [0, 0.05) is 25.2 Å². The van der Waals surface area contributed by atoms with E-state index in [2.05, 4.69) is 4.90 Å². The summed E-state index contributed by atoms with van der Waals surface area (Å²) in [6, 6.07) is 0. The van der Waals surface area contributed by atoms with Crippen molar-refractivity contribution in [1.82, 2.24) is 9.80 Å². The molecule has 118 valence electrons. The van der Waals surface area contributed by atoms with Crippen LogP contribution < -0.4 is 0 Å². The fraction of sp³-hybridized carbons (Fsp3) is 1.00. The minimum Gasteiger partial charge on any atom is -0.373 e.